The van der Waals surface area contributed by atoms with Gasteiger partial charge in [-0.1, -0.05) is 13.8 Å². The van der Waals surface area contributed by atoms with Crippen LogP contribution in [0.1, 0.15) is 66.7 Å². The number of ether oxygens (including phenoxy) is 1. The smallest absolute Gasteiger partial charge is 0.309 e. The van der Waals surface area contributed by atoms with E-state index in [4.69, 9.17) is 9.57 Å². The molecule has 1 unspecified atom stereocenters. The predicted octanol–water partition coefficient (Wildman–Crippen LogP) is 3.49. The molecule has 27 heavy (non-hydrogen) atoms. The number of methoxy groups -OCH3 is 1. The number of ketones is 1. The Balaban J connectivity index is 2.52. The quantitative estimate of drug-likeness (QED) is 0.275. The molecule has 0 saturated heterocycles. The van der Waals surface area contributed by atoms with Crippen molar-refractivity contribution in [2.24, 2.45) is 23.0 Å². The standard InChI is InChI=1S/C19H35N3O5/c1-13(2)16(18(24)26-7)12-17(23)14-8-10-15(11-9-14)27-20-22(25)21(6)19(3,4)5/h13-16H,8-12H2,1-7H3/b22-20-. The van der Waals surface area contributed by atoms with Crippen LogP contribution in [0, 0.1) is 23.0 Å². The average Bonchev–Trinajstić information content (AvgIpc) is 2.62. The average molecular weight is 386 g/mol. The van der Waals surface area contributed by atoms with Gasteiger partial charge in [0.25, 0.3) is 0 Å². The highest BCUT2D eigenvalue weighted by molar-refractivity contribution is 5.86. The number of nitrogens with zero attached hydrogens (tertiary/aromatic N) is 3. The number of Topliss-reactive ketones (excluding diaryl/α,β-unsaturated/α-hetero) is 1. The highest BCUT2D eigenvalue weighted by Gasteiger charge is 2.33. The Morgan fingerprint density at radius 3 is 2.22 bits per heavy atom. The van der Waals surface area contributed by atoms with E-state index >= 15 is 0 Å². The third-order valence-corrected chi connectivity index (χ3v) is 5.35. The molecule has 1 saturated carbocycles. The first-order valence-electron chi connectivity index (χ1n) is 9.65. The molecule has 1 atom stereocenters. The van der Waals surface area contributed by atoms with Crippen LogP contribution in [-0.4, -0.2) is 47.5 Å². The molecule has 0 aromatic rings. The Labute approximate surface area is 162 Å². The van der Waals surface area contributed by atoms with E-state index in [1.165, 1.54) is 12.1 Å². The molecular formula is C19H35N3O5. The second kappa shape index (κ2) is 9.90. The van der Waals surface area contributed by atoms with Crippen LogP contribution in [0.5, 0.6) is 0 Å². The van der Waals surface area contributed by atoms with Crippen molar-refractivity contribution in [3.63, 3.8) is 0 Å². The van der Waals surface area contributed by atoms with Gasteiger partial charge in [0.2, 0.25) is 5.28 Å². The minimum absolute atomic E-state index is 0.0581. The van der Waals surface area contributed by atoms with E-state index < -0.39 is 5.92 Å². The van der Waals surface area contributed by atoms with Crippen molar-refractivity contribution in [2.45, 2.75) is 78.4 Å². The van der Waals surface area contributed by atoms with E-state index in [2.05, 4.69) is 5.28 Å². The Hall–Kier alpha value is -1.86. The van der Waals surface area contributed by atoms with Gasteiger partial charge in [0, 0.05) is 12.3 Å². The van der Waals surface area contributed by atoms with Crippen molar-refractivity contribution in [1.82, 2.24) is 5.01 Å². The molecule has 1 fully saturated rings. The zero-order valence-corrected chi connectivity index (χ0v) is 17.7. The van der Waals surface area contributed by atoms with Crippen molar-refractivity contribution in [3.8, 4) is 0 Å². The monoisotopic (exact) mass is 385 g/mol. The molecule has 0 bridgehead atoms. The molecule has 0 heterocycles. The van der Waals surface area contributed by atoms with Gasteiger partial charge in [-0.05, 0) is 52.4 Å². The third-order valence-electron chi connectivity index (χ3n) is 5.35. The van der Waals surface area contributed by atoms with Gasteiger partial charge in [-0.3, -0.25) is 9.59 Å². The second-order valence-electron chi connectivity index (χ2n) is 8.65. The first kappa shape index (κ1) is 23.2. The molecule has 8 heteroatoms. The van der Waals surface area contributed by atoms with Gasteiger partial charge in [0.05, 0.1) is 30.6 Å². The summed E-state index contributed by atoms with van der Waals surface area (Å²) in [4.78, 5) is 30.3. The van der Waals surface area contributed by atoms with Crippen LogP contribution < -0.4 is 0 Å². The molecular weight excluding hydrogens is 350 g/mol. The van der Waals surface area contributed by atoms with Gasteiger partial charge >= 0.3 is 5.97 Å². The fraction of sp³-hybridized carbons (Fsp3) is 0.895. The Bertz CT molecular complexity index is 534. The van der Waals surface area contributed by atoms with Crippen LogP contribution in [0.3, 0.4) is 0 Å². The number of hydrogen-bond donors (Lipinski definition) is 0. The summed E-state index contributed by atoms with van der Waals surface area (Å²) in [5, 5.41) is 17.0. The molecule has 0 spiro atoms. The van der Waals surface area contributed by atoms with Crippen LogP contribution in [-0.2, 0) is 19.2 Å². The highest BCUT2D eigenvalue weighted by atomic mass is 16.7. The molecule has 0 N–H and O–H groups in total. The first-order valence-corrected chi connectivity index (χ1v) is 9.65. The highest BCUT2D eigenvalue weighted by Crippen LogP contribution is 2.30. The normalized spacial score (nSPS) is 22.3. The molecule has 0 aliphatic heterocycles. The molecule has 156 valence electrons. The van der Waals surface area contributed by atoms with Gasteiger partial charge in [-0.15, -0.1) is 5.01 Å². The molecule has 1 aliphatic carbocycles. The minimum atomic E-state index is -0.395. The lowest BCUT2D eigenvalue weighted by Crippen LogP contribution is -2.42. The lowest BCUT2D eigenvalue weighted by molar-refractivity contribution is -0.720. The zero-order valence-electron chi connectivity index (χ0n) is 17.7. The lowest BCUT2D eigenvalue weighted by atomic mass is 9.80. The maximum Gasteiger partial charge on any atom is 0.309 e. The van der Waals surface area contributed by atoms with Gasteiger partial charge in [-0.25, -0.2) is 0 Å². The molecule has 1 rings (SSSR count). The minimum Gasteiger partial charge on any atom is -0.569 e. The zero-order chi connectivity index (χ0) is 20.8. The van der Waals surface area contributed by atoms with Crippen LogP contribution in [0.2, 0.25) is 0 Å². The first-order chi connectivity index (χ1) is 12.5. The molecule has 1 aliphatic rings. The van der Waals surface area contributed by atoms with Gasteiger partial charge < -0.3 is 14.8 Å². The van der Waals surface area contributed by atoms with E-state index in [1.807, 2.05) is 34.6 Å². The second-order valence-corrected chi connectivity index (χ2v) is 8.65. The summed E-state index contributed by atoms with van der Waals surface area (Å²) in [6.45, 7) is 9.56. The van der Waals surface area contributed by atoms with E-state index in [1.54, 1.807) is 7.05 Å². The number of esters is 1. The summed E-state index contributed by atoms with van der Waals surface area (Å²) < 4.78 is 4.81. The summed E-state index contributed by atoms with van der Waals surface area (Å²) in [6.07, 6.45) is 2.74. The molecule has 0 radical (unpaired) electrons. The summed E-state index contributed by atoms with van der Waals surface area (Å²) in [5.74, 6) is -0.632. The Morgan fingerprint density at radius 2 is 1.78 bits per heavy atom. The Kier molecular flexibility index (Phi) is 8.50. The third kappa shape index (κ3) is 6.99. The molecule has 0 aromatic heterocycles. The van der Waals surface area contributed by atoms with Crippen molar-refractivity contribution in [2.75, 3.05) is 14.2 Å². The maximum absolute atomic E-state index is 12.6. The number of carbonyl (C=O) groups excluding carboxylic acids is 2. The lowest BCUT2D eigenvalue weighted by Gasteiger charge is -2.28. The fourth-order valence-corrected chi connectivity index (χ4v) is 3.03. The van der Waals surface area contributed by atoms with E-state index in [0.717, 1.165) is 0 Å². The van der Waals surface area contributed by atoms with Crippen LogP contribution >= 0.6 is 0 Å². The fourth-order valence-electron chi connectivity index (χ4n) is 3.03. The predicted molar refractivity (Wildman–Crippen MR) is 100 cm³/mol. The van der Waals surface area contributed by atoms with Crippen molar-refractivity contribution in [3.05, 3.63) is 5.21 Å². The van der Waals surface area contributed by atoms with Crippen LogP contribution in [0.4, 0.5) is 0 Å². The number of hydrazine groups is 1. The number of carbonyl (C=O) groups is 2. The Morgan fingerprint density at radius 1 is 1.22 bits per heavy atom. The number of rotatable bonds is 8. The van der Waals surface area contributed by atoms with Gasteiger partial charge in [0.1, 0.15) is 11.9 Å². The van der Waals surface area contributed by atoms with Gasteiger partial charge in [0.15, 0.2) is 0 Å². The van der Waals surface area contributed by atoms with Crippen molar-refractivity contribution >= 4 is 11.8 Å². The van der Waals surface area contributed by atoms with E-state index in [9.17, 15) is 14.8 Å². The van der Waals surface area contributed by atoms with E-state index in [-0.39, 0.29) is 41.7 Å². The summed E-state index contributed by atoms with van der Waals surface area (Å²) in [6, 6.07) is 0. The summed E-state index contributed by atoms with van der Waals surface area (Å²) in [7, 11) is 3.01. The van der Waals surface area contributed by atoms with Crippen molar-refractivity contribution in [1.29, 1.82) is 0 Å². The topological polar surface area (TPSA) is 94.3 Å². The maximum atomic E-state index is 12.6. The molecule has 0 aromatic carbocycles. The van der Waals surface area contributed by atoms with Gasteiger partial charge in [-0.2, -0.15) is 0 Å². The largest absolute Gasteiger partial charge is 0.569 e. The van der Waals surface area contributed by atoms with Crippen LogP contribution in [0.25, 0.3) is 0 Å². The SMILES string of the molecule is COC(=O)C(CC(=O)C1CCC(O/N=[N+](\[O-])N(C)C(C)(C)C)CC1)C(C)C. The van der Waals surface area contributed by atoms with Crippen molar-refractivity contribution < 1.29 is 24.1 Å². The number of hydrogen-bond acceptors (Lipinski definition) is 6. The van der Waals surface area contributed by atoms with E-state index in [0.29, 0.717) is 30.7 Å². The summed E-state index contributed by atoms with van der Waals surface area (Å²) in [5.41, 5.74) is -0.356. The molecule has 8 nitrogen and oxygen atoms in total. The summed E-state index contributed by atoms with van der Waals surface area (Å²) >= 11 is 0. The van der Waals surface area contributed by atoms with Crippen LogP contribution in [0.15, 0.2) is 5.28 Å². The molecule has 0 amide bonds.